The molecule has 1 atom stereocenters. The molecule has 0 aromatic carbocycles. The van der Waals surface area contributed by atoms with Gasteiger partial charge in [0.05, 0.1) is 6.42 Å². The monoisotopic (exact) mass is 244 g/mol. The van der Waals surface area contributed by atoms with E-state index in [1.165, 1.54) is 0 Å². The van der Waals surface area contributed by atoms with E-state index in [1.807, 2.05) is 6.92 Å². The van der Waals surface area contributed by atoms with Crippen LogP contribution in [0.15, 0.2) is 4.99 Å². The Morgan fingerprint density at radius 1 is 1.41 bits per heavy atom. The van der Waals surface area contributed by atoms with Gasteiger partial charge in [0, 0.05) is 19.0 Å². The molecule has 0 aliphatic heterocycles. The topological polar surface area (TPSA) is 131 Å². The maximum Gasteiger partial charge on any atom is 0.303 e. The predicted molar refractivity (Wildman–Crippen MR) is 64.4 cm³/mol. The quantitative estimate of drug-likeness (QED) is 0.270. The average molecular weight is 244 g/mol. The Bertz CT molecular complexity index is 289. The van der Waals surface area contributed by atoms with Gasteiger partial charge in [-0.15, -0.1) is 0 Å². The Labute approximate surface area is 100 Å². The van der Waals surface area contributed by atoms with Crippen molar-refractivity contribution in [2.45, 2.75) is 38.6 Å². The van der Waals surface area contributed by atoms with Crippen LogP contribution in [0.5, 0.6) is 0 Å². The lowest BCUT2D eigenvalue weighted by Crippen LogP contribution is -2.37. The van der Waals surface area contributed by atoms with E-state index < -0.39 is 11.9 Å². The molecule has 0 spiro atoms. The van der Waals surface area contributed by atoms with E-state index in [4.69, 9.17) is 16.6 Å². The van der Waals surface area contributed by atoms with E-state index in [1.54, 1.807) is 0 Å². The van der Waals surface area contributed by atoms with Gasteiger partial charge < -0.3 is 16.6 Å². The summed E-state index contributed by atoms with van der Waals surface area (Å²) in [6.07, 6.45) is 1.31. The molecule has 7 heteroatoms. The summed E-state index contributed by atoms with van der Waals surface area (Å²) in [5.41, 5.74) is 11.0. The molecule has 0 aliphatic rings. The normalized spacial score (nSPS) is 13.2. The van der Waals surface area contributed by atoms with Crippen LogP contribution in [0.3, 0.4) is 0 Å². The lowest BCUT2D eigenvalue weighted by atomic mass is 10.2. The second-order valence-corrected chi connectivity index (χ2v) is 3.83. The van der Waals surface area contributed by atoms with Gasteiger partial charge in [-0.3, -0.25) is 19.9 Å². The highest BCUT2D eigenvalue weighted by atomic mass is 16.4. The van der Waals surface area contributed by atoms with Gasteiger partial charge >= 0.3 is 5.97 Å². The smallest absolute Gasteiger partial charge is 0.303 e. The molecular weight excluding hydrogens is 224 g/mol. The Hall–Kier alpha value is -1.63. The number of carbonyl (C=O) groups is 2. The molecule has 7 nitrogen and oxygen atoms in total. The van der Waals surface area contributed by atoms with E-state index in [9.17, 15) is 9.59 Å². The van der Waals surface area contributed by atoms with E-state index >= 15 is 0 Å². The molecule has 1 amide bonds. The van der Waals surface area contributed by atoms with Gasteiger partial charge in [-0.1, -0.05) is 0 Å². The summed E-state index contributed by atoms with van der Waals surface area (Å²) in [7, 11) is 0. The van der Waals surface area contributed by atoms with Crippen molar-refractivity contribution in [3.63, 3.8) is 0 Å². The first-order valence-corrected chi connectivity index (χ1v) is 5.49. The third kappa shape index (κ3) is 10.6. The van der Waals surface area contributed by atoms with Gasteiger partial charge in [-0.25, -0.2) is 0 Å². The zero-order valence-corrected chi connectivity index (χ0v) is 9.98. The van der Waals surface area contributed by atoms with Gasteiger partial charge in [0.1, 0.15) is 0 Å². The summed E-state index contributed by atoms with van der Waals surface area (Å²) in [6, 6.07) is 0.122. The van der Waals surface area contributed by atoms with Crippen LogP contribution in [0, 0.1) is 0 Å². The fourth-order valence-corrected chi connectivity index (χ4v) is 1.08. The fourth-order valence-electron chi connectivity index (χ4n) is 1.08. The van der Waals surface area contributed by atoms with Crippen molar-refractivity contribution in [3.05, 3.63) is 0 Å². The number of rotatable bonds is 7. The van der Waals surface area contributed by atoms with Crippen molar-refractivity contribution in [1.29, 1.82) is 0 Å². The number of hydrogen-bond acceptors (Lipinski definition) is 4. The molecule has 0 aromatic rings. The molecule has 0 unspecified atom stereocenters. The van der Waals surface area contributed by atoms with Crippen molar-refractivity contribution in [2.24, 2.45) is 16.5 Å². The number of hydrogen-bond donors (Lipinski definition) is 4. The standard InChI is InChI=1S/C10H20N4O3/c1-7(11)3-2-6-13-10(12)14-8(15)4-5-9(16)17/h7H,2-6,11H2,1H3,(H,16,17)(H3,12,13,14,15)/t7-/m1/s1. The molecule has 0 saturated heterocycles. The zero-order chi connectivity index (χ0) is 13.3. The lowest BCUT2D eigenvalue weighted by molar-refractivity contribution is -0.138. The first-order valence-electron chi connectivity index (χ1n) is 5.49. The molecule has 0 heterocycles. The molecule has 0 fully saturated rings. The van der Waals surface area contributed by atoms with Crippen molar-refractivity contribution in [1.82, 2.24) is 5.32 Å². The number of nitrogens with two attached hydrogens (primary N) is 2. The molecule has 0 saturated carbocycles. The number of aliphatic carboxylic acids is 1. The summed E-state index contributed by atoms with van der Waals surface area (Å²) in [4.78, 5) is 25.3. The molecule has 0 bridgehead atoms. The van der Waals surface area contributed by atoms with E-state index in [0.29, 0.717) is 6.54 Å². The first-order chi connectivity index (χ1) is 7.91. The van der Waals surface area contributed by atoms with Crippen LogP contribution in [-0.2, 0) is 9.59 Å². The van der Waals surface area contributed by atoms with Crippen molar-refractivity contribution < 1.29 is 14.7 Å². The summed E-state index contributed by atoms with van der Waals surface area (Å²) < 4.78 is 0. The minimum atomic E-state index is -1.02. The molecule has 98 valence electrons. The van der Waals surface area contributed by atoms with Crippen LogP contribution >= 0.6 is 0 Å². The summed E-state index contributed by atoms with van der Waals surface area (Å²) in [5, 5.41) is 10.7. The molecule has 17 heavy (non-hydrogen) atoms. The van der Waals surface area contributed by atoms with E-state index in [0.717, 1.165) is 12.8 Å². The number of nitrogens with zero attached hydrogens (tertiary/aromatic N) is 1. The van der Waals surface area contributed by atoms with Crippen LogP contribution in [0.2, 0.25) is 0 Å². The Morgan fingerprint density at radius 2 is 2.06 bits per heavy atom. The van der Waals surface area contributed by atoms with Crippen LogP contribution in [-0.4, -0.2) is 35.5 Å². The number of carboxylic acid groups (broad SMARTS) is 1. The van der Waals surface area contributed by atoms with Crippen LogP contribution < -0.4 is 16.8 Å². The summed E-state index contributed by atoms with van der Waals surface area (Å²) in [5.74, 6) is -1.45. The Kier molecular flexibility index (Phi) is 7.70. The highest BCUT2D eigenvalue weighted by Crippen LogP contribution is 1.93. The highest BCUT2D eigenvalue weighted by Gasteiger charge is 2.05. The summed E-state index contributed by atoms with van der Waals surface area (Å²) >= 11 is 0. The molecule has 0 aromatic heterocycles. The third-order valence-electron chi connectivity index (χ3n) is 1.93. The third-order valence-corrected chi connectivity index (χ3v) is 1.93. The van der Waals surface area contributed by atoms with Crippen LogP contribution in [0.25, 0.3) is 0 Å². The second-order valence-electron chi connectivity index (χ2n) is 3.83. The number of amides is 1. The Balaban J connectivity index is 3.75. The number of nitrogens with one attached hydrogen (secondary N) is 1. The fraction of sp³-hybridized carbons (Fsp3) is 0.700. The van der Waals surface area contributed by atoms with Gasteiger partial charge in [0.25, 0.3) is 0 Å². The lowest BCUT2D eigenvalue weighted by Gasteiger charge is -2.04. The molecule has 0 rings (SSSR count). The van der Waals surface area contributed by atoms with E-state index in [-0.39, 0.29) is 24.8 Å². The maximum absolute atomic E-state index is 11.1. The van der Waals surface area contributed by atoms with Gasteiger partial charge in [-0.2, -0.15) is 0 Å². The van der Waals surface area contributed by atoms with Gasteiger partial charge in [0.2, 0.25) is 5.91 Å². The molecule has 0 radical (unpaired) electrons. The Morgan fingerprint density at radius 3 is 2.59 bits per heavy atom. The first kappa shape index (κ1) is 15.4. The van der Waals surface area contributed by atoms with Crippen molar-refractivity contribution in [3.8, 4) is 0 Å². The van der Waals surface area contributed by atoms with Gasteiger partial charge in [0.15, 0.2) is 5.96 Å². The average Bonchev–Trinajstić information content (AvgIpc) is 2.21. The number of aliphatic imine (C=N–C) groups is 1. The highest BCUT2D eigenvalue weighted by molar-refractivity contribution is 5.96. The van der Waals surface area contributed by atoms with Crippen LogP contribution in [0.4, 0.5) is 0 Å². The number of carboxylic acids is 1. The SMILES string of the molecule is C[C@@H](N)CCCN=C(N)NC(=O)CCC(=O)O. The summed E-state index contributed by atoms with van der Waals surface area (Å²) in [6.45, 7) is 2.40. The largest absolute Gasteiger partial charge is 0.481 e. The second kappa shape index (κ2) is 8.51. The molecular formula is C10H20N4O3. The zero-order valence-electron chi connectivity index (χ0n) is 9.98. The van der Waals surface area contributed by atoms with Crippen molar-refractivity contribution >= 4 is 17.8 Å². The minimum Gasteiger partial charge on any atom is -0.481 e. The molecule has 6 N–H and O–H groups in total. The van der Waals surface area contributed by atoms with Crippen LogP contribution in [0.1, 0.15) is 32.6 Å². The van der Waals surface area contributed by atoms with Crippen molar-refractivity contribution in [2.75, 3.05) is 6.54 Å². The number of guanidine groups is 1. The maximum atomic E-state index is 11.1. The van der Waals surface area contributed by atoms with Gasteiger partial charge in [-0.05, 0) is 19.8 Å². The van der Waals surface area contributed by atoms with E-state index in [2.05, 4.69) is 10.3 Å². The number of carbonyl (C=O) groups excluding carboxylic acids is 1. The molecule has 0 aliphatic carbocycles. The predicted octanol–water partition coefficient (Wildman–Crippen LogP) is -0.590. The minimum absolute atomic E-state index is 0.0186.